The van der Waals surface area contributed by atoms with Gasteiger partial charge >= 0.3 is 0 Å². The molecule has 2 rings (SSSR count). The Labute approximate surface area is 127 Å². The van der Waals surface area contributed by atoms with Gasteiger partial charge in [-0.1, -0.05) is 12.1 Å². The Morgan fingerprint density at radius 1 is 1.33 bits per heavy atom. The van der Waals surface area contributed by atoms with Gasteiger partial charge in [0.2, 0.25) is 5.91 Å². The molecular weight excluding hydrogens is 262 g/mol. The second kappa shape index (κ2) is 8.15. The van der Waals surface area contributed by atoms with Crippen molar-refractivity contribution in [2.75, 3.05) is 31.5 Å². The number of carbonyl (C=O) groups is 1. The number of anilines is 1. The van der Waals surface area contributed by atoms with Gasteiger partial charge in [0, 0.05) is 12.6 Å². The molecule has 0 atom stereocenters. The van der Waals surface area contributed by atoms with Crippen molar-refractivity contribution in [2.24, 2.45) is 5.73 Å². The number of rotatable bonds is 6. The molecule has 3 N–H and O–H groups in total. The molecule has 0 saturated carbocycles. The van der Waals surface area contributed by atoms with Crippen molar-refractivity contribution in [2.45, 2.75) is 38.5 Å². The highest BCUT2D eigenvalue weighted by Crippen LogP contribution is 2.29. The predicted octanol–water partition coefficient (Wildman–Crippen LogP) is 2.56. The molecule has 0 aliphatic carbocycles. The van der Waals surface area contributed by atoms with E-state index in [1.54, 1.807) is 6.92 Å². The van der Waals surface area contributed by atoms with Crippen LogP contribution in [0.5, 0.6) is 0 Å². The Bertz CT molecular complexity index is 453. The summed E-state index contributed by atoms with van der Waals surface area (Å²) in [5.74, 6) is 0.603. The maximum Gasteiger partial charge on any atom is 0.221 e. The van der Waals surface area contributed by atoms with E-state index in [4.69, 9.17) is 5.73 Å². The van der Waals surface area contributed by atoms with Gasteiger partial charge in [0.15, 0.2) is 0 Å². The number of nitrogens with one attached hydrogen (secondary N) is 1. The fourth-order valence-electron chi connectivity index (χ4n) is 3.04. The minimum atomic E-state index is -0.0122. The van der Waals surface area contributed by atoms with E-state index < -0.39 is 0 Å². The van der Waals surface area contributed by atoms with E-state index in [1.165, 1.54) is 44.5 Å². The van der Waals surface area contributed by atoms with Gasteiger partial charge in [-0.05, 0) is 75.5 Å². The number of hydrogen-bond acceptors (Lipinski definition) is 3. The van der Waals surface area contributed by atoms with Gasteiger partial charge < -0.3 is 16.0 Å². The zero-order valence-electron chi connectivity index (χ0n) is 13.0. The zero-order valence-corrected chi connectivity index (χ0v) is 13.0. The molecule has 1 aliphatic rings. The van der Waals surface area contributed by atoms with Gasteiger partial charge in [0.25, 0.3) is 0 Å². The standard InChI is InChI=1S/C17H27N3O/c1-14(21)19-17-6-4-5-16(13-17)15-7-11-20(12-8-15)10-3-2-9-18/h4-6,13,15H,2-3,7-12,18H2,1H3,(H,19,21). The van der Waals surface area contributed by atoms with Gasteiger partial charge in [0.05, 0.1) is 0 Å². The smallest absolute Gasteiger partial charge is 0.221 e. The van der Waals surface area contributed by atoms with Crippen LogP contribution in [0, 0.1) is 0 Å². The van der Waals surface area contributed by atoms with Crippen LogP contribution < -0.4 is 11.1 Å². The van der Waals surface area contributed by atoms with Crippen molar-refractivity contribution >= 4 is 11.6 Å². The number of piperidine rings is 1. The van der Waals surface area contributed by atoms with Crippen LogP contribution in [-0.4, -0.2) is 37.0 Å². The average molecular weight is 289 g/mol. The minimum absolute atomic E-state index is 0.0122. The lowest BCUT2D eigenvalue weighted by Gasteiger charge is -2.32. The highest BCUT2D eigenvalue weighted by molar-refractivity contribution is 5.88. The van der Waals surface area contributed by atoms with Crippen LogP contribution in [0.1, 0.15) is 44.1 Å². The summed E-state index contributed by atoms with van der Waals surface area (Å²) in [6.07, 6.45) is 4.73. The third-order valence-electron chi connectivity index (χ3n) is 4.19. The van der Waals surface area contributed by atoms with Gasteiger partial charge in [-0.15, -0.1) is 0 Å². The number of hydrogen-bond donors (Lipinski definition) is 2. The van der Waals surface area contributed by atoms with E-state index in [0.717, 1.165) is 18.7 Å². The Balaban J connectivity index is 1.85. The summed E-state index contributed by atoms with van der Waals surface area (Å²) >= 11 is 0. The van der Waals surface area contributed by atoms with Crippen molar-refractivity contribution in [1.82, 2.24) is 4.90 Å². The Hall–Kier alpha value is -1.39. The molecule has 21 heavy (non-hydrogen) atoms. The monoisotopic (exact) mass is 289 g/mol. The Morgan fingerprint density at radius 3 is 2.76 bits per heavy atom. The van der Waals surface area contributed by atoms with E-state index in [0.29, 0.717) is 5.92 Å². The van der Waals surface area contributed by atoms with Crippen LogP contribution in [0.25, 0.3) is 0 Å². The van der Waals surface area contributed by atoms with Crippen molar-refractivity contribution in [3.8, 4) is 0 Å². The molecule has 1 aliphatic heterocycles. The first kappa shape index (κ1) is 16.0. The molecule has 4 heteroatoms. The molecule has 0 unspecified atom stereocenters. The maximum absolute atomic E-state index is 11.1. The Morgan fingerprint density at radius 2 is 2.10 bits per heavy atom. The molecule has 1 saturated heterocycles. The van der Waals surface area contributed by atoms with Crippen LogP contribution in [-0.2, 0) is 4.79 Å². The molecule has 0 spiro atoms. The third kappa shape index (κ3) is 5.14. The maximum atomic E-state index is 11.1. The molecular formula is C17H27N3O. The summed E-state index contributed by atoms with van der Waals surface area (Å²) in [4.78, 5) is 13.7. The first-order valence-corrected chi connectivity index (χ1v) is 7.99. The first-order valence-electron chi connectivity index (χ1n) is 7.99. The van der Waals surface area contributed by atoms with E-state index >= 15 is 0 Å². The lowest BCUT2D eigenvalue weighted by Crippen LogP contribution is -2.33. The lowest BCUT2D eigenvalue weighted by molar-refractivity contribution is -0.114. The second-order valence-electron chi connectivity index (χ2n) is 5.92. The van der Waals surface area contributed by atoms with E-state index in [2.05, 4.69) is 22.3 Å². The van der Waals surface area contributed by atoms with Crippen LogP contribution in [0.15, 0.2) is 24.3 Å². The number of nitrogens with two attached hydrogens (primary N) is 1. The van der Waals surface area contributed by atoms with Crippen LogP contribution >= 0.6 is 0 Å². The average Bonchev–Trinajstić information content (AvgIpc) is 2.48. The topological polar surface area (TPSA) is 58.4 Å². The van der Waals surface area contributed by atoms with E-state index in [9.17, 15) is 4.79 Å². The van der Waals surface area contributed by atoms with Crippen molar-refractivity contribution in [1.29, 1.82) is 0 Å². The fourth-order valence-corrected chi connectivity index (χ4v) is 3.04. The molecule has 1 aromatic carbocycles. The molecule has 0 aromatic heterocycles. The number of unbranched alkanes of at least 4 members (excludes halogenated alkanes) is 1. The molecule has 4 nitrogen and oxygen atoms in total. The molecule has 1 amide bonds. The number of nitrogens with zero attached hydrogens (tertiary/aromatic N) is 1. The van der Waals surface area contributed by atoms with Crippen LogP contribution in [0.4, 0.5) is 5.69 Å². The van der Waals surface area contributed by atoms with Crippen molar-refractivity contribution < 1.29 is 4.79 Å². The van der Waals surface area contributed by atoms with Gasteiger partial charge in [-0.25, -0.2) is 0 Å². The van der Waals surface area contributed by atoms with Gasteiger partial charge in [0.1, 0.15) is 0 Å². The largest absolute Gasteiger partial charge is 0.330 e. The summed E-state index contributed by atoms with van der Waals surface area (Å²) < 4.78 is 0. The summed E-state index contributed by atoms with van der Waals surface area (Å²) in [6, 6.07) is 8.29. The molecule has 0 radical (unpaired) electrons. The van der Waals surface area contributed by atoms with Gasteiger partial charge in [-0.3, -0.25) is 4.79 Å². The number of carbonyl (C=O) groups excluding carboxylic acids is 1. The number of amides is 1. The second-order valence-corrected chi connectivity index (χ2v) is 5.92. The van der Waals surface area contributed by atoms with E-state index in [-0.39, 0.29) is 5.91 Å². The first-order chi connectivity index (χ1) is 10.2. The summed E-state index contributed by atoms with van der Waals surface area (Å²) in [7, 11) is 0. The highest BCUT2D eigenvalue weighted by Gasteiger charge is 2.20. The van der Waals surface area contributed by atoms with Crippen LogP contribution in [0.2, 0.25) is 0 Å². The summed E-state index contributed by atoms with van der Waals surface area (Å²) in [6.45, 7) is 5.86. The quantitative estimate of drug-likeness (QED) is 0.791. The molecule has 1 aromatic rings. The van der Waals surface area contributed by atoms with Gasteiger partial charge in [-0.2, -0.15) is 0 Å². The molecule has 116 valence electrons. The van der Waals surface area contributed by atoms with Crippen LogP contribution in [0.3, 0.4) is 0 Å². The summed E-state index contributed by atoms with van der Waals surface area (Å²) in [5.41, 5.74) is 7.80. The molecule has 1 heterocycles. The minimum Gasteiger partial charge on any atom is -0.330 e. The van der Waals surface area contributed by atoms with Crippen molar-refractivity contribution in [3.05, 3.63) is 29.8 Å². The SMILES string of the molecule is CC(=O)Nc1cccc(C2CCN(CCCCN)CC2)c1. The summed E-state index contributed by atoms with van der Waals surface area (Å²) in [5, 5.41) is 2.87. The predicted molar refractivity (Wildman–Crippen MR) is 87.4 cm³/mol. The number of likely N-dealkylation sites (tertiary alicyclic amines) is 1. The number of benzene rings is 1. The lowest BCUT2D eigenvalue weighted by atomic mass is 9.89. The third-order valence-corrected chi connectivity index (χ3v) is 4.19. The van der Waals surface area contributed by atoms with Crippen molar-refractivity contribution in [3.63, 3.8) is 0 Å². The normalized spacial score (nSPS) is 16.9. The zero-order chi connectivity index (χ0) is 15.1. The Kier molecular flexibility index (Phi) is 6.21. The fraction of sp³-hybridized carbons (Fsp3) is 0.588. The highest BCUT2D eigenvalue weighted by atomic mass is 16.1. The molecule has 1 fully saturated rings. The van der Waals surface area contributed by atoms with E-state index in [1.807, 2.05) is 12.1 Å². The molecule has 0 bridgehead atoms.